The van der Waals surface area contributed by atoms with E-state index < -0.39 is 0 Å². The van der Waals surface area contributed by atoms with Gasteiger partial charge >= 0.3 is 0 Å². The van der Waals surface area contributed by atoms with E-state index in [-0.39, 0.29) is 22.6 Å². The summed E-state index contributed by atoms with van der Waals surface area (Å²) in [6, 6.07) is 14.0. The highest BCUT2D eigenvalue weighted by Gasteiger charge is 2.38. The molecule has 2 aromatic carbocycles. The Bertz CT molecular complexity index is 796. The Kier molecular flexibility index (Phi) is 3.18. The standard InChI is InChI=1S/C19H18N2O2/c1-12-5-7-13(8-6-12)19-16-4-2-3-15(16)17-11-14(21(22)23)9-10-18(17)20-19/h2-3,5-11,15-16,19-20H,4H2,1H3/t15-,16-,19-/m0/s1. The molecular formula is C19H18N2O2. The lowest BCUT2D eigenvalue weighted by Crippen LogP contribution is -2.29. The van der Waals surface area contributed by atoms with Crippen molar-refractivity contribution >= 4 is 11.4 Å². The molecule has 116 valence electrons. The van der Waals surface area contributed by atoms with Crippen LogP contribution in [0, 0.1) is 23.0 Å². The number of nitrogens with zero attached hydrogens (tertiary/aromatic N) is 1. The minimum absolute atomic E-state index is 0.165. The van der Waals surface area contributed by atoms with Crippen LogP contribution in [-0.4, -0.2) is 4.92 Å². The van der Waals surface area contributed by atoms with E-state index >= 15 is 0 Å². The van der Waals surface area contributed by atoms with E-state index in [9.17, 15) is 10.1 Å². The maximum Gasteiger partial charge on any atom is 0.269 e. The summed E-state index contributed by atoms with van der Waals surface area (Å²) in [4.78, 5) is 10.7. The van der Waals surface area contributed by atoms with Crippen LogP contribution in [0.5, 0.6) is 0 Å². The third-order valence-corrected chi connectivity index (χ3v) is 4.99. The molecule has 0 saturated heterocycles. The molecule has 0 unspecified atom stereocenters. The number of nitro groups is 1. The van der Waals surface area contributed by atoms with Gasteiger partial charge in [-0.3, -0.25) is 10.1 Å². The van der Waals surface area contributed by atoms with Crippen LogP contribution in [0.1, 0.15) is 35.1 Å². The molecule has 4 rings (SSSR count). The van der Waals surface area contributed by atoms with Gasteiger partial charge in [-0.05, 0) is 36.5 Å². The Morgan fingerprint density at radius 3 is 2.70 bits per heavy atom. The molecule has 4 nitrogen and oxygen atoms in total. The summed E-state index contributed by atoms with van der Waals surface area (Å²) in [5.74, 6) is 0.657. The minimum atomic E-state index is -0.319. The van der Waals surface area contributed by atoms with Gasteiger partial charge in [0.25, 0.3) is 5.69 Å². The molecule has 2 aromatic rings. The van der Waals surface area contributed by atoms with Crippen LogP contribution in [0.3, 0.4) is 0 Å². The zero-order valence-corrected chi connectivity index (χ0v) is 12.9. The number of non-ortho nitro benzene ring substituents is 1. The third-order valence-electron chi connectivity index (χ3n) is 4.99. The number of hydrogen-bond donors (Lipinski definition) is 1. The molecule has 2 aliphatic rings. The molecule has 0 radical (unpaired) electrons. The first-order valence-electron chi connectivity index (χ1n) is 7.91. The van der Waals surface area contributed by atoms with Crippen molar-refractivity contribution in [3.8, 4) is 0 Å². The fraction of sp³-hybridized carbons (Fsp3) is 0.263. The van der Waals surface area contributed by atoms with E-state index in [1.165, 1.54) is 11.1 Å². The fourth-order valence-electron chi connectivity index (χ4n) is 3.80. The second-order valence-electron chi connectivity index (χ2n) is 6.41. The van der Waals surface area contributed by atoms with Crippen LogP contribution in [-0.2, 0) is 0 Å². The number of nitro benzene ring substituents is 1. The van der Waals surface area contributed by atoms with Crippen LogP contribution in [0.4, 0.5) is 11.4 Å². The van der Waals surface area contributed by atoms with Gasteiger partial charge in [0.15, 0.2) is 0 Å². The van der Waals surface area contributed by atoms with E-state index in [1.807, 2.05) is 6.07 Å². The molecule has 0 aromatic heterocycles. The molecule has 3 atom stereocenters. The number of allylic oxidation sites excluding steroid dienone is 2. The number of anilines is 1. The van der Waals surface area contributed by atoms with Crippen molar-refractivity contribution in [2.75, 3.05) is 5.32 Å². The van der Waals surface area contributed by atoms with Gasteiger partial charge in [0.05, 0.1) is 11.0 Å². The van der Waals surface area contributed by atoms with Gasteiger partial charge in [-0.1, -0.05) is 42.0 Å². The van der Waals surface area contributed by atoms with Gasteiger partial charge in [-0.2, -0.15) is 0 Å². The monoisotopic (exact) mass is 306 g/mol. The average Bonchev–Trinajstić information content (AvgIpc) is 3.04. The largest absolute Gasteiger partial charge is 0.378 e. The summed E-state index contributed by atoms with van der Waals surface area (Å²) in [5, 5.41) is 14.7. The van der Waals surface area contributed by atoms with Gasteiger partial charge in [-0.25, -0.2) is 0 Å². The van der Waals surface area contributed by atoms with Crippen molar-refractivity contribution in [2.45, 2.75) is 25.3 Å². The van der Waals surface area contributed by atoms with Crippen molar-refractivity contribution in [1.29, 1.82) is 0 Å². The van der Waals surface area contributed by atoms with E-state index in [2.05, 4.69) is 48.7 Å². The summed E-state index contributed by atoms with van der Waals surface area (Å²) in [6.07, 6.45) is 5.40. The molecule has 0 saturated carbocycles. The highest BCUT2D eigenvalue weighted by atomic mass is 16.6. The number of hydrogen-bond acceptors (Lipinski definition) is 3. The van der Waals surface area contributed by atoms with Gasteiger partial charge in [0, 0.05) is 23.7 Å². The van der Waals surface area contributed by atoms with Gasteiger partial charge < -0.3 is 5.32 Å². The smallest absolute Gasteiger partial charge is 0.269 e. The lowest BCUT2D eigenvalue weighted by atomic mass is 9.77. The lowest BCUT2D eigenvalue weighted by Gasteiger charge is -2.37. The number of rotatable bonds is 2. The number of nitrogens with one attached hydrogen (secondary N) is 1. The second kappa shape index (κ2) is 5.23. The zero-order valence-electron chi connectivity index (χ0n) is 12.9. The lowest BCUT2D eigenvalue weighted by molar-refractivity contribution is -0.384. The summed E-state index contributed by atoms with van der Waals surface area (Å²) >= 11 is 0. The minimum Gasteiger partial charge on any atom is -0.378 e. The van der Waals surface area contributed by atoms with Gasteiger partial charge in [0.1, 0.15) is 0 Å². The second-order valence-corrected chi connectivity index (χ2v) is 6.41. The van der Waals surface area contributed by atoms with E-state index in [1.54, 1.807) is 12.1 Å². The summed E-state index contributed by atoms with van der Waals surface area (Å²) in [5.41, 5.74) is 4.74. The first-order chi connectivity index (χ1) is 11.1. The molecule has 1 heterocycles. The van der Waals surface area contributed by atoms with Crippen LogP contribution >= 0.6 is 0 Å². The number of fused-ring (bicyclic) bond motifs is 3. The summed E-state index contributed by atoms with van der Waals surface area (Å²) in [6.45, 7) is 2.09. The highest BCUT2D eigenvalue weighted by Crippen LogP contribution is 2.50. The molecular weight excluding hydrogens is 288 g/mol. The first kappa shape index (κ1) is 14.0. The van der Waals surface area contributed by atoms with Crippen LogP contribution in [0.15, 0.2) is 54.6 Å². The highest BCUT2D eigenvalue weighted by molar-refractivity contribution is 5.62. The molecule has 1 N–H and O–H groups in total. The Hall–Kier alpha value is -2.62. The summed E-state index contributed by atoms with van der Waals surface area (Å²) in [7, 11) is 0. The van der Waals surface area contributed by atoms with E-state index in [0.717, 1.165) is 17.7 Å². The maximum atomic E-state index is 11.1. The zero-order chi connectivity index (χ0) is 16.0. The molecule has 0 fully saturated rings. The van der Waals surface area contributed by atoms with Crippen molar-refractivity contribution < 1.29 is 4.92 Å². The Morgan fingerprint density at radius 1 is 1.17 bits per heavy atom. The fourth-order valence-corrected chi connectivity index (χ4v) is 3.80. The molecule has 1 aliphatic heterocycles. The van der Waals surface area contributed by atoms with Crippen molar-refractivity contribution in [3.63, 3.8) is 0 Å². The van der Waals surface area contributed by atoms with Crippen molar-refractivity contribution in [2.24, 2.45) is 5.92 Å². The third kappa shape index (κ3) is 2.31. The number of benzene rings is 2. The average molecular weight is 306 g/mol. The predicted octanol–water partition coefficient (Wildman–Crippen LogP) is 4.73. The molecule has 0 spiro atoms. The quantitative estimate of drug-likeness (QED) is 0.496. The normalized spacial score (nSPS) is 24.7. The molecule has 23 heavy (non-hydrogen) atoms. The molecule has 1 aliphatic carbocycles. The van der Waals surface area contributed by atoms with Crippen LogP contribution in [0.25, 0.3) is 0 Å². The predicted molar refractivity (Wildman–Crippen MR) is 90.6 cm³/mol. The first-order valence-corrected chi connectivity index (χ1v) is 7.91. The van der Waals surface area contributed by atoms with Crippen molar-refractivity contribution in [3.05, 3.63) is 81.4 Å². The van der Waals surface area contributed by atoms with Crippen molar-refractivity contribution in [1.82, 2.24) is 0 Å². The van der Waals surface area contributed by atoms with Crippen LogP contribution in [0.2, 0.25) is 0 Å². The Labute approximate surface area is 135 Å². The van der Waals surface area contributed by atoms with Gasteiger partial charge in [0.2, 0.25) is 0 Å². The molecule has 0 bridgehead atoms. The van der Waals surface area contributed by atoms with E-state index in [4.69, 9.17) is 0 Å². The van der Waals surface area contributed by atoms with Gasteiger partial charge in [-0.15, -0.1) is 0 Å². The number of aryl methyl sites for hydroxylation is 1. The topological polar surface area (TPSA) is 55.2 Å². The summed E-state index contributed by atoms with van der Waals surface area (Å²) < 4.78 is 0. The maximum absolute atomic E-state index is 11.1. The molecule has 0 amide bonds. The Morgan fingerprint density at radius 2 is 1.96 bits per heavy atom. The van der Waals surface area contributed by atoms with E-state index in [0.29, 0.717) is 5.92 Å². The molecule has 4 heteroatoms. The Balaban J connectivity index is 1.77. The SMILES string of the molecule is Cc1ccc([C@@H]2Nc3ccc([N+](=O)[O-])cc3[C@H]3C=CC[C@@H]32)cc1. The van der Waals surface area contributed by atoms with Crippen LogP contribution < -0.4 is 5.32 Å².